The predicted molar refractivity (Wildman–Crippen MR) is 40.7 cm³/mol. The second-order valence-electron chi connectivity index (χ2n) is 2.63. The lowest BCUT2D eigenvalue weighted by molar-refractivity contribution is 0.548. The Hall–Kier alpha value is -0.380. The largest absolute Gasteiger partial charge is 0.180 e. The maximum atomic E-state index is 4.23. The van der Waals surface area contributed by atoms with Crippen LogP contribution in [-0.4, -0.2) is 15.0 Å². The van der Waals surface area contributed by atoms with E-state index in [-0.39, 0.29) is 0 Å². The van der Waals surface area contributed by atoms with Crippen molar-refractivity contribution in [3.63, 3.8) is 0 Å². The van der Waals surface area contributed by atoms with Gasteiger partial charge >= 0.3 is 0 Å². The van der Waals surface area contributed by atoms with Gasteiger partial charge in [-0.25, -0.2) is 0 Å². The Kier molecular flexibility index (Phi) is 1.30. The molecular weight excluding hydrogens is 194 g/mol. The van der Waals surface area contributed by atoms with Crippen molar-refractivity contribution in [3.8, 4) is 0 Å². The van der Waals surface area contributed by atoms with Crippen molar-refractivity contribution in [2.24, 2.45) is 0 Å². The molecule has 0 amide bonds. The van der Waals surface area contributed by atoms with Crippen LogP contribution in [0, 0.1) is 6.92 Å². The zero-order chi connectivity index (χ0) is 7.14. The molecule has 0 radical (unpaired) electrons. The molecule has 3 nitrogen and oxygen atoms in total. The van der Waals surface area contributed by atoms with E-state index in [0.717, 1.165) is 10.3 Å². The van der Waals surface area contributed by atoms with E-state index in [9.17, 15) is 0 Å². The minimum Gasteiger partial charge on any atom is -0.180 e. The highest BCUT2D eigenvalue weighted by Crippen LogP contribution is 2.33. The van der Waals surface area contributed by atoms with Gasteiger partial charge in [-0.05, 0) is 35.7 Å². The Morgan fingerprint density at radius 1 is 1.50 bits per heavy atom. The maximum Gasteiger partial charge on any atom is 0.151 e. The van der Waals surface area contributed by atoms with Crippen LogP contribution in [-0.2, 0) is 0 Å². The molecule has 0 spiro atoms. The molecular formula is C6H8BrN3. The molecule has 1 aliphatic rings. The second kappa shape index (κ2) is 2.05. The van der Waals surface area contributed by atoms with Gasteiger partial charge in [0.05, 0.1) is 11.7 Å². The summed E-state index contributed by atoms with van der Waals surface area (Å²) >= 11 is 3.32. The first-order chi connectivity index (χ1) is 4.77. The topological polar surface area (TPSA) is 30.7 Å². The molecule has 1 heterocycles. The predicted octanol–water partition coefficient (Wildman–Crippen LogP) is 1.68. The van der Waals surface area contributed by atoms with Crippen molar-refractivity contribution in [1.82, 2.24) is 15.0 Å². The molecule has 54 valence electrons. The number of aromatic nitrogens is 3. The molecule has 0 atom stereocenters. The smallest absolute Gasteiger partial charge is 0.151 e. The Morgan fingerprint density at radius 3 is 2.60 bits per heavy atom. The molecule has 1 aromatic rings. The van der Waals surface area contributed by atoms with Crippen LogP contribution in [0.25, 0.3) is 0 Å². The lowest BCUT2D eigenvalue weighted by Crippen LogP contribution is -1.97. The summed E-state index contributed by atoms with van der Waals surface area (Å²) in [6, 6.07) is 0.588. The number of aryl methyl sites for hydroxylation is 1. The van der Waals surface area contributed by atoms with Gasteiger partial charge < -0.3 is 0 Å². The third-order valence-corrected chi connectivity index (χ3v) is 2.35. The first kappa shape index (κ1) is 6.34. The van der Waals surface area contributed by atoms with E-state index in [4.69, 9.17) is 0 Å². The fourth-order valence-electron chi connectivity index (χ4n) is 0.848. The summed E-state index contributed by atoms with van der Waals surface area (Å²) in [5.74, 6) is 0. The van der Waals surface area contributed by atoms with Gasteiger partial charge in [-0.1, -0.05) is 0 Å². The third-order valence-electron chi connectivity index (χ3n) is 1.61. The number of halogens is 1. The minimum absolute atomic E-state index is 0.588. The Morgan fingerprint density at radius 2 is 2.20 bits per heavy atom. The summed E-state index contributed by atoms with van der Waals surface area (Å²) in [6.45, 7) is 1.95. The van der Waals surface area contributed by atoms with Crippen LogP contribution in [0.5, 0.6) is 0 Å². The monoisotopic (exact) mass is 201 g/mol. The fraction of sp³-hybridized carbons (Fsp3) is 0.667. The van der Waals surface area contributed by atoms with Gasteiger partial charge in [-0.2, -0.15) is 9.90 Å². The summed E-state index contributed by atoms with van der Waals surface area (Å²) in [7, 11) is 0. The van der Waals surface area contributed by atoms with Gasteiger partial charge in [0.2, 0.25) is 0 Å². The van der Waals surface area contributed by atoms with Gasteiger partial charge in [0.25, 0.3) is 0 Å². The van der Waals surface area contributed by atoms with Crippen LogP contribution in [0.1, 0.15) is 24.6 Å². The van der Waals surface area contributed by atoms with Gasteiger partial charge in [0.15, 0.2) is 4.60 Å². The zero-order valence-electron chi connectivity index (χ0n) is 5.71. The van der Waals surface area contributed by atoms with E-state index in [2.05, 4.69) is 26.1 Å². The number of hydrogen-bond donors (Lipinski definition) is 0. The molecule has 0 aromatic carbocycles. The van der Waals surface area contributed by atoms with E-state index < -0.39 is 0 Å². The SMILES string of the molecule is Cc1nn(C2CC2)nc1Br. The molecule has 0 bridgehead atoms. The molecule has 1 aromatic heterocycles. The highest BCUT2D eigenvalue weighted by Gasteiger charge is 2.26. The second-order valence-corrected chi connectivity index (χ2v) is 3.38. The Balaban J connectivity index is 2.34. The molecule has 0 saturated heterocycles. The van der Waals surface area contributed by atoms with E-state index in [1.165, 1.54) is 12.8 Å². The van der Waals surface area contributed by atoms with Crippen LogP contribution in [0.3, 0.4) is 0 Å². The summed E-state index contributed by atoms with van der Waals surface area (Å²) in [4.78, 5) is 1.80. The number of rotatable bonds is 1. The van der Waals surface area contributed by atoms with Crippen LogP contribution >= 0.6 is 15.9 Å². The lowest BCUT2D eigenvalue weighted by atomic mass is 10.6. The van der Waals surface area contributed by atoms with E-state index >= 15 is 0 Å². The average Bonchev–Trinajstić information content (AvgIpc) is 2.64. The van der Waals surface area contributed by atoms with E-state index in [0.29, 0.717) is 6.04 Å². The molecule has 10 heavy (non-hydrogen) atoms. The van der Waals surface area contributed by atoms with Gasteiger partial charge in [0.1, 0.15) is 0 Å². The van der Waals surface area contributed by atoms with Crippen molar-refractivity contribution < 1.29 is 0 Å². The van der Waals surface area contributed by atoms with E-state index in [1.54, 1.807) is 4.80 Å². The molecule has 0 aliphatic heterocycles. The fourth-order valence-corrected chi connectivity index (χ4v) is 1.09. The van der Waals surface area contributed by atoms with Gasteiger partial charge in [-0.3, -0.25) is 0 Å². The van der Waals surface area contributed by atoms with Crippen molar-refractivity contribution in [3.05, 3.63) is 10.3 Å². The normalized spacial score (nSPS) is 17.8. The average molecular weight is 202 g/mol. The minimum atomic E-state index is 0.588. The summed E-state index contributed by atoms with van der Waals surface area (Å²) in [5, 5.41) is 8.43. The highest BCUT2D eigenvalue weighted by atomic mass is 79.9. The van der Waals surface area contributed by atoms with E-state index in [1.807, 2.05) is 6.92 Å². The third kappa shape index (κ3) is 0.963. The number of hydrogen-bond acceptors (Lipinski definition) is 2. The Bertz CT molecular complexity index is 232. The van der Waals surface area contributed by atoms with Crippen molar-refractivity contribution in [2.75, 3.05) is 0 Å². The standard InChI is InChI=1S/C6H8BrN3/c1-4-6(7)9-10(8-4)5-2-3-5/h5H,2-3H2,1H3. The van der Waals surface area contributed by atoms with Gasteiger partial charge in [0, 0.05) is 0 Å². The molecule has 4 heteroatoms. The number of nitrogens with zero attached hydrogens (tertiary/aromatic N) is 3. The Labute approximate surface area is 67.5 Å². The van der Waals surface area contributed by atoms with Crippen LogP contribution < -0.4 is 0 Å². The summed E-state index contributed by atoms with van der Waals surface area (Å²) < 4.78 is 0.874. The first-order valence-corrected chi connectivity index (χ1v) is 4.15. The first-order valence-electron chi connectivity index (χ1n) is 3.36. The molecule has 0 unspecified atom stereocenters. The lowest BCUT2D eigenvalue weighted by Gasteiger charge is -1.89. The van der Waals surface area contributed by atoms with Crippen LogP contribution in [0.4, 0.5) is 0 Å². The molecule has 1 fully saturated rings. The van der Waals surface area contributed by atoms with Crippen molar-refractivity contribution in [2.45, 2.75) is 25.8 Å². The van der Waals surface area contributed by atoms with Crippen molar-refractivity contribution >= 4 is 15.9 Å². The summed E-state index contributed by atoms with van der Waals surface area (Å²) in [5.41, 5.74) is 0.979. The van der Waals surface area contributed by atoms with Gasteiger partial charge in [-0.15, -0.1) is 5.10 Å². The maximum absolute atomic E-state index is 4.23. The molecule has 0 N–H and O–H groups in total. The summed E-state index contributed by atoms with van der Waals surface area (Å²) in [6.07, 6.45) is 2.47. The molecule has 2 rings (SSSR count). The highest BCUT2D eigenvalue weighted by molar-refractivity contribution is 9.10. The van der Waals surface area contributed by atoms with Crippen LogP contribution in [0.2, 0.25) is 0 Å². The zero-order valence-corrected chi connectivity index (χ0v) is 7.30. The quantitative estimate of drug-likeness (QED) is 0.693. The van der Waals surface area contributed by atoms with Crippen molar-refractivity contribution in [1.29, 1.82) is 0 Å². The molecule has 1 aliphatic carbocycles. The molecule has 1 saturated carbocycles. The van der Waals surface area contributed by atoms with Crippen LogP contribution in [0.15, 0.2) is 4.60 Å².